The van der Waals surface area contributed by atoms with Crippen molar-refractivity contribution in [2.75, 3.05) is 20.8 Å². The highest BCUT2D eigenvalue weighted by Gasteiger charge is 2.32. The Morgan fingerprint density at radius 2 is 1.96 bits per heavy atom. The number of aromatic nitrogens is 1. The van der Waals surface area contributed by atoms with Gasteiger partial charge in [0.25, 0.3) is 5.91 Å². The van der Waals surface area contributed by atoms with Crippen LogP contribution in [-0.4, -0.2) is 41.7 Å². The number of thioether (sulfide) groups is 1. The molecule has 1 aromatic heterocycles. The molecule has 0 N–H and O–H groups in total. The predicted molar refractivity (Wildman–Crippen MR) is 109 cm³/mol. The first kappa shape index (κ1) is 19.0. The van der Waals surface area contributed by atoms with E-state index in [1.54, 1.807) is 19.1 Å². The van der Waals surface area contributed by atoms with E-state index >= 15 is 0 Å². The number of aliphatic imine (C=N–C) groups is 1. The van der Waals surface area contributed by atoms with Crippen LogP contribution in [0.25, 0.3) is 6.08 Å². The number of para-hydroxylation sites is 1. The van der Waals surface area contributed by atoms with Gasteiger partial charge >= 0.3 is 0 Å². The third-order valence-electron chi connectivity index (χ3n) is 4.01. The molecule has 1 amide bonds. The number of pyridine rings is 1. The lowest BCUT2D eigenvalue weighted by atomic mass is 10.1. The van der Waals surface area contributed by atoms with Gasteiger partial charge in [0, 0.05) is 17.8 Å². The van der Waals surface area contributed by atoms with Crippen LogP contribution < -0.4 is 9.47 Å². The number of rotatable bonds is 5. The van der Waals surface area contributed by atoms with E-state index in [9.17, 15) is 4.79 Å². The van der Waals surface area contributed by atoms with Crippen molar-refractivity contribution in [3.8, 4) is 11.5 Å². The molecule has 2 aromatic rings. The number of carbonyl (C=O) groups excluding carboxylic acids is 1. The molecular weight excluding hydrogens is 362 g/mol. The van der Waals surface area contributed by atoms with Crippen LogP contribution in [0.5, 0.6) is 11.5 Å². The molecule has 6 nitrogen and oxygen atoms in total. The molecule has 2 heterocycles. The second kappa shape index (κ2) is 8.26. The fourth-order valence-corrected chi connectivity index (χ4v) is 3.77. The Hall–Kier alpha value is -2.80. The number of ether oxygens (including phenoxy) is 2. The van der Waals surface area contributed by atoms with Crippen LogP contribution in [0.4, 0.5) is 5.82 Å². The fourth-order valence-electron chi connectivity index (χ4n) is 2.73. The molecule has 1 aliphatic heterocycles. The van der Waals surface area contributed by atoms with E-state index < -0.39 is 0 Å². The minimum absolute atomic E-state index is 0.0845. The lowest BCUT2D eigenvalue weighted by Crippen LogP contribution is -2.28. The average Bonchev–Trinajstić information content (AvgIpc) is 2.95. The van der Waals surface area contributed by atoms with Gasteiger partial charge in [-0.25, -0.2) is 9.98 Å². The van der Waals surface area contributed by atoms with E-state index in [1.807, 2.05) is 56.3 Å². The van der Waals surface area contributed by atoms with Crippen molar-refractivity contribution in [1.82, 2.24) is 9.88 Å². The highest BCUT2D eigenvalue weighted by Crippen LogP contribution is 2.37. The molecule has 140 valence electrons. The van der Waals surface area contributed by atoms with Gasteiger partial charge in [-0.05, 0) is 49.9 Å². The Balaban J connectivity index is 1.99. The molecule has 0 radical (unpaired) electrons. The third kappa shape index (κ3) is 3.98. The van der Waals surface area contributed by atoms with Gasteiger partial charge in [-0.2, -0.15) is 0 Å². The lowest BCUT2D eigenvalue weighted by molar-refractivity contribution is -0.122. The molecule has 1 saturated heterocycles. The maximum absolute atomic E-state index is 12.8. The summed E-state index contributed by atoms with van der Waals surface area (Å²) in [6.07, 6.45) is 1.81. The molecule has 0 unspecified atom stereocenters. The number of amidine groups is 1. The molecule has 3 rings (SSSR count). The van der Waals surface area contributed by atoms with Crippen LogP contribution >= 0.6 is 11.8 Å². The Kier molecular flexibility index (Phi) is 5.81. The molecule has 1 aliphatic rings. The van der Waals surface area contributed by atoms with Gasteiger partial charge in [0.15, 0.2) is 22.5 Å². The molecule has 0 bridgehead atoms. The van der Waals surface area contributed by atoms with Crippen molar-refractivity contribution in [2.24, 2.45) is 4.99 Å². The Morgan fingerprint density at radius 1 is 1.19 bits per heavy atom. The van der Waals surface area contributed by atoms with E-state index in [4.69, 9.17) is 9.47 Å². The number of aryl methyl sites for hydroxylation is 1. The van der Waals surface area contributed by atoms with Crippen molar-refractivity contribution < 1.29 is 14.3 Å². The first-order valence-electron chi connectivity index (χ1n) is 8.52. The second-order valence-corrected chi connectivity index (χ2v) is 6.78. The van der Waals surface area contributed by atoms with Crippen molar-refractivity contribution >= 4 is 34.7 Å². The van der Waals surface area contributed by atoms with Gasteiger partial charge in [-0.3, -0.25) is 9.69 Å². The standard InChI is InChI=1S/C20H21N3O3S/c1-5-23-19(24)16(12-14-9-7-10-15(25-3)18(14)26-4)27-20(23)22-17-11-6-8-13(2)21-17/h6-12H,5H2,1-4H3/b16-12-,22-20+. The number of methoxy groups -OCH3 is 2. The summed E-state index contributed by atoms with van der Waals surface area (Å²) in [6, 6.07) is 11.2. The van der Waals surface area contributed by atoms with Crippen LogP contribution in [0, 0.1) is 6.92 Å². The van der Waals surface area contributed by atoms with E-state index in [-0.39, 0.29) is 5.91 Å². The molecule has 0 spiro atoms. The zero-order chi connectivity index (χ0) is 19.4. The topological polar surface area (TPSA) is 64.0 Å². The minimum atomic E-state index is -0.0845. The van der Waals surface area contributed by atoms with Gasteiger partial charge in [0.2, 0.25) is 0 Å². The molecule has 0 atom stereocenters. The van der Waals surface area contributed by atoms with E-state index in [0.717, 1.165) is 11.3 Å². The number of benzene rings is 1. The number of amides is 1. The summed E-state index contributed by atoms with van der Waals surface area (Å²) in [7, 11) is 3.17. The third-order valence-corrected chi connectivity index (χ3v) is 5.01. The average molecular weight is 383 g/mol. The molecule has 0 aliphatic carbocycles. The van der Waals surface area contributed by atoms with E-state index in [0.29, 0.717) is 33.9 Å². The summed E-state index contributed by atoms with van der Waals surface area (Å²) >= 11 is 1.33. The number of hydrogen-bond acceptors (Lipinski definition) is 6. The monoisotopic (exact) mass is 383 g/mol. The maximum atomic E-state index is 12.8. The Bertz CT molecular complexity index is 924. The fraction of sp³-hybridized carbons (Fsp3) is 0.250. The van der Waals surface area contributed by atoms with Gasteiger partial charge in [-0.15, -0.1) is 0 Å². The van der Waals surface area contributed by atoms with Crippen LogP contribution in [0.15, 0.2) is 46.3 Å². The summed E-state index contributed by atoms with van der Waals surface area (Å²) in [5, 5.41) is 0.619. The number of hydrogen-bond donors (Lipinski definition) is 0. The number of carbonyl (C=O) groups is 1. The summed E-state index contributed by atoms with van der Waals surface area (Å²) in [6.45, 7) is 4.37. The quantitative estimate of drug-likeness (QED) is 0.730. The molecule has 27 heavy (non-hydrogen) atoms. The number of nitrogens with zero attached hydrogens (tertiary/aromatic N) is 3. The van der Waals surface area contributed by atoms with E-state index in [1.165, 1.54) is 11.8 Å². The highest BCUT2D eigenvalue weighted by molar-refractivity contribution is 8.18. The summed E-state index contributed by atoms with van der Waals surface area (Å²) in [5.74, 6) is 1.71. The smallest absolute Gasteiger partial charge is 0.266 e. The lowest BCUT2D eigenvalue weighted by Gasteiger charge is -2.12. The van der Waals surface area contributed by atoms with Crippen molar-refractivity contribution in [2.45, 2.75) is 13.8 Å². The van der Waals surface area contributed by atoms with Crippen LogP contribution in [0.1, 0.15) is 18.2 Å². The SMILES string of the molecule is CCN1C(=O)/C(=C/c2cccc(OC)c2OC)S/C1=N/c1cccc(C)n1. The molecular formula is C20H21N3O3S. The number of likely N-dealkylation sites (N-methyl/N-ethyl adjacent to an activating group) is 1. The molecule has 7 heteroatoms. The minimum Gasteiger partial charge on any atom is -0.493 e. The van der Waals surface area contributed by atoms with Crippen molar-refractivity contribution in [1.29, 1.82) is 0 Å². The van der Waals surface area contributed by atoms with E-state index in [2.05, 4.69) is 9.98 Å². The highest BCUT2D eigenvalue weighted by atomic mass is 32.2. The van der Waals surface area contributed by atoms with Gasteiger partial charge in [0.05, 0.1) is 19.1 Å². The zero-order valence-corrected chi connectivity index (χ0v) is 16.5. The van der Waals surface area contributed by atoms with Crippen LogP contribution in [0.3, 0.4) is 0 Å². The van der Waals surface area contributed by atoms with Crippen LogP contribution in [-0.2, 0) is 4.79 Å². The van der Waals surface area contributed by atoms with Crippen molar-refractivity contribution in [3.05, 3.63) is 52.6 Å². The normalized spacial score (nSPS) is 17.0. The first-order chi connectivity index (χ1) is 13.1. The summed E-state index contributed by atoms with van der Waals surface area (Å²) in [5.41, 5.74) is 1.66. The van der Waals surface area contributed by atoms with Crippen molar-refractivity contribution in [3.63, 3.8) is 0 Å². The second-order valence-electron chi connectivity index (χ2n) is 5.77. The Labute approximate surface area is 162 Å². The van der Waals surface area contributed by atoms with Gasteiger partial charge in [-0.1, -0.05) is 18.2 Å². The summed E-state index contributed by atoms with van der Waals surface area (Å²) < 4.78 is 10.8. The zero-order valence-electron chi connectivity index (χ0n) is 15.7. The Morgan fingerprint density at radius 3 is 2.63 bits per heavy atom. The van der Waals surface area contributed by atoms with Crippen LogP contribution in [0.2, 0.25) is 0 Å². The largest absolute Gasteiger partial charge is 0.493 e. The predicted octanol–water partition coefficient (Wildman–Crippen LogP) is 4.03. The molecule has 0 saturated carbocycles. The molecule has 1 fully saturated rings. The first-order valence-corrected chi connectivity index (χ1v) is 9.33. The van der Waals surface area contributed by atoms with Gasteiger partial charge < -0.3 is 9.47 Å². The molecule has 1 aromatic carbocycles. The maximum Gasteiger partial charge on any atom is 0.266 e. The van der Waals surface area contributed by atoms with Gasteiger partial charge in [0.1, 0.15) is 0 Å². The summed E-state index contributed by atoms with van der Waals surface area (Å²) in [4.78, 5) is 24.0.